The molecule has 1 N–H and O–H groups in total. The number of benzene rings is 2. The minimum Gasteiger partial charge on any atom is -0.479 e. The van der Waals surface area contributed by atoms with Gasteiger partial charge in [0, 0.05) is 16.6 Å². The number of carbonyl (C=O) groups excluding carboxylic acids is 2. The molecule has 0 bridgehead atoms. The van der Waals surface area contributed by atoms with Gasteiger partial charge in [-0.15, -0.1) is 11.3 Å². The van der Waals surface area contributed by atoms with E-state index in [0.29, 0.717) is 11.4 Å². The first-order valence-corrected chi connectivity index (χ1v) is 11.8. The lowest BCUT2D eigenvalue weighted by Crippen LogP contribution is -2.47. The SMILES string of the molecule is Cc1sc(-c2ccccn2)nc1-c1ccc2c(c1)N(CC(=O)Nc1ccccc1F)C(=O)C(C)O2. The minimum absolute atomic E-state index is 0.0559. The quantitative estimate of drug-likeness (QED) is 0.424. The van der Waals surface area contributed by atoms with Crippen molar-refractivity contribution in [2.75, 3.05) is 16.8 Å². The average molecular weight is 489 g/mol. The third-order valence-electron chi connectivity index (χ3n) is 5.57. The first-order valence-electron chi connectivity index (χ1n) is 11.0. The Hall–Kier alpha value is -4.11. The van der Waals surface area contributed by atoms with Gasteiger partial charge in [0.05, 0.1) is 22.8 Å². The number of rotatable bonds is 5. The van der Waals surface area contributed by atoms with Gasteiger partial charge < -0.3 is 10.1 Å². The molecule has 2 aromatic heterocycles. The maximum atomic E-state index is 14.0. The normalized spacial score (nSPS) is 14.9. The van der Waals surface area contributed by atoms with Crippen LogP contribution in [-0.4, -0.2) is 34.4 Å². The molecule has 1 aliphatic rings. The molecular formula is C26H21FN4O3S. The van der Waals surface area contributed by atoms with Crippen molar-refractivity contribution in [3.63, 3.8) is 0 Å². The third kappa shape index (κ3) is 4.50. The molecule has 0 saturated heterocycles. The Morgan fingerprint density at radius 1 is 1.17 bits per heavy atom. The number of thiazole rings is 1. The molecule has 2 aromatic carbocycles. The summed E-state index contributed by atoms with van der Waals surface area (Å²) in [6.45, 7) is 3.32. The van der Waals surface area contributed by atoms with Gasteiger partial charge in [-0.3, -0.25) is 19.5 Å². The van der Waals surface area contributed by atoms with Crippen molar-refractivity contribution in [1.29, 1.82) is 0 Å². The van der Waals surface area contributed by atoms with Crippen LogP contribution in [0.15, 0.2) is 66.9 Å². The summed E-state index contributed by atoms with van der Waals surface area (Å²) >= 11 is 1.53. The Kier molecular flexibility index (Phi) is 6.00. The van der Waals surface area contributed by atoms with Crippen molar-refractivity contribution in [2.24, 2.45) is 0 Å². The lowest BCUT2D eigenvalue weighted by atomic mass is 10.1. The van der Waals surface area contributed by atoms with Gasteiger partial charge in [-0.25, -0.2) is 9.37 Å². The smallest absolute Gasteiger partial charge is 0.268 e. The van der Waals surface area contributed by atoms with Crippen LogP contribution in [0, 0.1) is 12.7 Å². The Bertz CT molecular complexity index is 1420. The highest BCUT2D eigenvalue weighted by molar-refractivity contribution is 7.15. The minimum atomic E-state index is -0.758. The number of aromatic nitrogens is 2. The summed E-state index contributed by atoms with van der Waals surface area (Å²) in [6.07, 6.45) is 0.963. The summed E-state index contributed by atoms with van der Waals surface area (Å²) in [6, 6.07) is 17.0. The summed E-state index contributed by atoms with van der Waals surface area (Å²) in [5, 5.41) is 3.32. The summed E-state index contributed by atoms with van der Waals surface area (Å²) < 4.78 is 19.8. The lowest BCUT2D eigenvalue weighted by molar-refractivity contribution is -0.127. The molecular weight excluding hydrogens is 467 g/mol. The van der Waals surface area contributed by atoms with E-state index in [1.807, 2.05) is 31.2 Å². The van der Waals surface area contributed by atoms with Gasteiger partial charge in [-0.1, -0.05) is 18.2 Å². The number of carbonyl (C=O) groups is 2. The van der Waals surface area contributed by atoms with Crippen LogP contribution in [0.5, 0.6) is 5.75 Å². The van der Waals surface area contributed by atoms with Crippen LogP contribution in [0.3, 0.4) is 0 Å². The van der Waals surface area contributed by atoms with E-state index >= 15 is 0 Å². The molecule has 2 amide bonds. The zero-order valence-corrected chi connectivity index (χ0v) is 19.8. The van der Waals surface area contributed by atoms with Crippen molar-refractivity contribution in [1.82, 2.24) is 9.97 Å². The Morgan fingerprint density at radius 3 is 2.74 bits per heavy atom. The molecule has 35 heavy (non-hydrogen) atoms. The van der Waals surface area contributed by atoms with E-state index in [0.717, 1.165) is 26.8 Å². The largest absolute Gasteiger partial charge is 0.479 e. The molecule has 1 atom stereocenters. The second-order valence-electron chi connectivity index (χ2n) is 8.03. The predicted molar refractivity (Wildman–Crippen MR) is 133 cm³/mol. The number of para-hydroxylation sites is 1. The van der Waals surface area contributed by atoms with Gasteiger partial charge in [0.15, 0.2) is 6.10 Å². The van der Waals surface area contributed by atoms with Gasteiger partial charge >= 0.3 is 0 Å². The first-order chi connectivity index (χ1) is 16.9. The number of amides is 2. The Morgan fingerprint density at radius 2 is 1.97 bits per heavy atom. The number of pyridine rings is 1. The molecule has 0 saturated carbocycles. The van der Waals surface area contributed by atoms with Crippen LogP contribution in [0.4, 0.5) is 15.8 Å². The van der Waals surface area contributed by atoms with E-state index in [1.54, 1.807) is 31.3 Å². The Labute approximate surface area is 205 Å². The van der Waals surface area contributed by atoms with Gasteiger partial charge in [0.1, 0.15) is 23.1 Å². The van der Waals surface area contributed by atoms with Gasteiger partial charge in [0.25, 0.3) is 5.91 Å². The average Bonchev–Trinajstić information content (AvgIpc) is 3.25. The standard InChI is InChI=1S/C26H21FN4O3S/c1-15-26(33)31(14-23(32)29-19-8-4-3-7-18(19)27)21-13-17(10-11-22(21)34-15)24-16(2)35-25(30-24)20-9-5-6-12-28-20/h3-13,15H,14H2,1-2H3,(H,29,32). The van der Waals surface area contributed by atoms with Crippen molar-refractivity contribution in [3.8, 4) is 27.7 Å². The number of hydrogen-bond acceptors (Lipinski definition) is 6. The van der Waals surface area contributed by atoms with E-state index in [-0.39, 0.29) is 18.1 Å². The number of aryl methyl sites for hydroxylation is 1. The fourth-order valence-electron chi connectivity index (χ4n) is 3.88. The van der Waals surface area contributed by atoms with Crippen LogP contribution in [0.2, 0.25) is 0 Å². The molecule has 0 fully saturated rings. The first kappa shape index (κ1) is 22.7. The van der Waals surface area contributed by atoms with Crippen LogP contribution in [-0.2, 0) is 9.59 Å². The predicted octanol–water partition coefficient (Wildman–Crippen LogP) is 5.07. The number of anilines is 2. The van der Waals surface area contributed by atoms with Gasteiger partial charge in [0.2, 0.25) is 5.91 Å². The highest BCUT2D eigenvalue weighted by Gasteiger charge is 2.33. The zero-order chi connectivity index (χ0) is 24.5. The second kappa shape index (κ2) is 9.27. The number of hydrogen-bond donors (Lipinski definition) is 1. The number of nitrogens with zero attached hydrogens (tertiary/aromatic N) is 3. The molecule has 9 heteroatoms. The van der Waals surface area contributed by atoms with Crippen LogP contribution in [0.25, 0.3) is 22.0 Å². The van der Waals surface area contributed by atoms with Crippen LogP contribution >= 0.6 is 11.3 Å². The lowest BCUT2D eigenvalue weighted by Gasteiger charge is -2.33. The fraction of sp³-hybridized carbons (Fsp3) is 0.154. The summed E-state index contributed by atoms with van der Waals surface area (Å²) in [5.41, 5.74) is 2.84. The molecule has 176 valence electrons. The van der Waals surface area contributed by atoms with Crippen LogP contribution < -0.4 is 15.0 Å². The van der Waals surface area contributed by atoms with Gasteiger partial charge in [-0.05, 0) is 56.3 Å². The Balaban J connectivity index is 1.47. The van der Waals surface area contributed by atoms with Crippen molar-refractivity contribution in [2.45, 2.75) is 20.0 Å². The summed E-state index contributed by atoms with van der Waals surface area (Å²) in [7, 11) is 0. The molecule has 1 aliphatic heterocycles. The van der Waals surface area contributed by atoms with E-state index in [4.69, 9.17) is 9.72 Å². The van der Waals surface area contributed by atoms with Crippen molar-refractivity contribution < 1.29 is 18.7 Å². The van der Waals surface area contributed by atoms with E-state index in [1.165, 1.54) is 34.4 Å². The monoisotopic (exact) mass is 488 g/mol. The van der Waals surface area contributed by atoms with Crippen molar-refractivity contribution in [3.05, 3.63) is 77.6 Å². The maximum Gasteiger partial charge on any atom is 0.268 e. The number of nitrogens with one attached hydrogen (secondary N) is 1. The molecule has 0 radical (unpaired) electrons. The molecule has 4 aromatic rings. The summed E-state index contributed by atoms with van der Waals surface area (Å²) in [4.78, 5) is 37.2. The number of fused-ring (bicyclic) bond motifs is 1. The topological polar surface area (TPSA) is 84.4 Å². The molecule has 0 spiro atoms. The highest BCUT2D eigenvalue weighted by atomic mass is 32.1. The van der Waals surface area contributed by atoms with E-state index in [9.17, 15) is 14.0 Å². The number of halogens is 1. The molecule has 3 heterocycles. The van der Waals surface area contributed by atoms with Crippen LogP contribution in [0.1, 0.15) is 11.8 Å². The molecule has 5 rings (SSSR count). The summed E-state index contributed by atoms with van der Waals surface area (Å²) in [5.74, 6) is -0.941. The second-order valence-corrected chi connectivity index (χ2v) is 9.24. The maximum absolute atomic E-state index is 14.0. The molecule has 1 unspecified atom stereocenters. The number of ether oxygens (including phenoxy) is 1. The van der Waals surface area contributed by atoms with E-state index in [2.05, 4.69) is 10.3 Å². The van der Waals surface area contributed by atoms with Gasteiger partial charge in [-0.2, -0.15) is 0 Å². The van der Waals surface area contributed by atoms with Crippen molar-refractivity contribution >= 4 is 34.5 Å². The highest BCUT2D eigenvalue weighted by Crippen LogP contribution is 2.40. The molecule has 0 aliphatic carbocycles. The zero-order valence-electron chi connectivity index (χ0n) is 19.0. The third-order valence-corrected chi connectivity index (χ3v) is 6.56. The fourth-order valence-corrected chi connectivity index (χ4v) is 4.79. The van der Waals surface area contributed by atoms with E-state index < -0.39 is 17.8 Å². The molecule has 7 nitrogen and oxygen atoms in total.